The van der Waals surface area contributed by atoms with Gasteiger partial charge in [0.1, 0.15) is 5.75 Å². The molecule has 1 heterocycles. The van der Waals surface area contributed by atoms with Gasteiger partial charge in [-0.05, 0) is 31.0 Å². The first-order chi connectivity index (χ1) is 12.0. The van der Waals surface area contributed by atoms with E-state index in [-0.39, 0.29) is 18.3 Å². The number of thiazole rings is 1. The minimum atomic E-state index is -0.333. The van der Waals surface area contributed by atoms with Crippen molar-refractivity contribution >= 4 is 28.3 Å². The zero-order valence-corrected chi connectivity index (χ0v) is 15.4. The zero-order valence-electron chi connectivity index (χ0n) is 14.6. The largest absolute Gasteiger partial charge is 0.493 e. The van der Waals surface area contributed by atoms with E-state index in [0.717, 1.165) is 0 Å². The molecule has 0 saturated heterocycles. The third-order valence-electron chi connectivity index (χ3n) is 3.08. The average molecular weight is 362 g/mol. The highest BCUT2D eigenvalue weighted by molar-refractivity contribution is 7.14. The third kappa shape index (κ3) is 6.19. The van der Waals surface area contributed by atoms with Crippen LogP contribution in [0.1, 0.15) is 36.8 Å². The van der Waals surface area contributed by atoms with Gasteiger partial charge in [0, 0.05) is 10.9 Å². The molecule has 0 radical (unpaired) electrons. The molecule has 134 valence electrons. The number of benzene rings is 1. The van der Waals surface area contributed by atoms with Gasteiger partial charge >= 0.3 is 5.97 Å². The molecule has 1 aromatic carbocycles. The third-order valence-corrected chi connectivity index (χ3v) is 3.89. The monoisotopic (exact) mass is 362 g/mol. The second kappa shape index (κ2) is 9.17. The van der Waals surface area contributed by atoms with Crippen molar-refractivity contribution in [1.82, 2.24) is 4.98 Å². The summed E-state index contributed by atoms with van der Waals surface area (Å²) in [6.07, 6.45) is 0.0960. The first kappa shape index (κ1) is 18.9. The van der Waals surface area contributed by atoms with Gasteiger partial charge in [-0.3, -0.25) is 14.9 Å². The summed E-state index contributed by atoms with van der Waals surface area (Å²) in [5.74, 6) is 0.460. The van der Waals surface area contributed by atoms with E-state index in [2.05, 4.69) is 24.1 Å². The zero-order chi connectivity index (χ0) is 18.2. The number of carbonyl (C=O) groups is 2. The summed E-state index contributed by atoms with van der Waals surface area (Å²) in [7, 11) is 0. The molecule has 1 N–H and O–H groups in total. The maximum absolute atomic E-state index is 12.3. The first-order valence-corrected chi connectivity index (χ1v) is 9.00. The Morgan fingerprint density at radius 2 is 2.12 bits per heavy atom. The van der Waals surface area contributed by atoms with Crippen molar-refractivity contribution in [3.63, 3.8) is 0 Å². The maximum Gasteiger partial charge on any atom is 0.311 e. The first-order valence-electron chi connectivity index (χ1n) is 8.12. The van der Waals surface area contributed by atoms with Gasteiger partial charge in [-0.2, -0.15) is 0 Å². The van der Waals surface area contributed by atoms with Crippen LogP contribution in [0, 0.1) is 5.92 Å². The summed E-state index contributed by atoms with van der Waals surface area (Å²) in [5, 5.41) is 4.91. The van der Waals surface area contributed by atoms with Gasteiger partial charge in [0.05, 0.1) is 25.3 Å². The van der Waals surface area contributed by atoms with Crippen LogP contribution in [0.2, 0.25) is 0 Å². The molecule has 0 aliphatic heterocycles. The number of aromatic nitrogens is 1. The Kier molecular flexibility index (Phi) is 6.94. The number of esters is 1. The highest BCUT2D eigenvalue weighted by Gasteiger charge is 2.12. The van der Waals surface area contributed by atoms with Gasteiger partial charge in [-0.1, -0.05) is 19.9 Å². The van der Waals surface area contributed by atoms with Crippen LogP contribution in [0.15, 0.2) is 29.6 Å². The number of rotatable bonds is 8. The lowest BCUT2D eigenvalue weighted by Gasteiger charge is -2.09. The van der Waals surface area contributed by atoms with Crippen LogP contribution in [-0.2, 0) is 16.0 Å². The molecular weight excluding hydrogens is 340 g/mol. The molecule has 0 fully saturated rings. The molecule has 0 unspecified atom stereocenters. The molecule has 0 saturated carbocycles. The van der Waals surface area contributed by atoms with Crippen molar-refractivity contribution in [3.05, 3.63) is 40.9 Å². The SMILES string of the molecule is CCOC(=O)Cc1csc(NC(=O)c2cccc(OCC(C)C)c2)n1. The number of hydrogen-bond acceptors (Lipinski definition) is 6. The minimum Gasteiger partial charge on any atom is -0.493 e. The van der Waals surface area contributed by atoms with Crippen molar-refractivity contribution in [3.8, 4) is 5.75 Å². The van der Waals surface area contributed by atoms with Gasteiger partial charge in [0.25, 0.3) is 5.91 Å². The number of nitrogens with zero attached hydrogens (tertiary/aromatic N) is 1. The van der Waals surface area contributed by atoms with E-state index in [1.54, 1.807) is 30.5 Å². The lowest BCUT2D eigenvalue weighted by molar-refractivity contribution is -0.142. The van der Waals surface area contributed by atoms with Crippen LogP contribution in [0.5, 0.6) is 5.75 Å². The van der Waals surface area contributed by atoms with Gasteiger partial charge in [-0.25, -0.2) is 4.98 Å². The summed E-state index contributed by atoms with van der Waals surface area (Å²) >= 11 is 1.27. The van der Waals surface area contributed by atoms with Crippen molar-refractivity contribution in [2.75, 3.05) is 18.5 Å². The van der Waals surface area contributed by atoms with E-state index in [1.807, 2.05) is 6.07 Å². The summed E-state index contributed by atoms with van der Waals surface area (Å²) in [4.78, 5) is 28.0. The van der Waals surface area contributed by atoms with E-state index in [1.165, 1.54) is 11.3 Å². The van der Waals surface area contributed by atoms with Crippen molar-refractivity contribution < 1.29 is 19.1 Å². The Hall–Kier alpha value is -2.41. The Morgan fingerprint density at radius 1 is 1.32 bits per heavy atom. The van der Waals surface area contributed by atoms with E-state index >= 15 is 0 Å². The summed E-state index contributed by atoms with van der Waals surface area (Å²) in [6, 6.07) is 7.01. The Bertz CT molecular complexity index is 727. The smallest absolute Gasteiger partial charge is 0.311 e. The van der Waals surface area contributed by atoms with Crippen LogP contribution in [-0.4, -0.2) is 30.1 Å². The quantitative estimate of drug-likeness (QED) is 0.727. The Balaban J connectivity index is 1.96. The number of anilines is 1. The molecule has 2 aromatic rings. The maximum atomic E-state index is 12.3. The second-order valence-electron chi connectivity index (χ2n) is 5.81. The lowest BCUT2D eigenvalue weighted by atomic mass is 10.2. The van der Waals surface area contributed by atoms with E-state index in [9.17, 15) is 9.59 Å². The molecule has 6 nitrogen and oxygen atoms in total. The second-order valence-corrected chi connectivity index (χ2v) is 6.67. The van der Waals surface area contributed by atoms with E-state index < -0.39 is 0 Å². The number of carbonyl (C=O) groups excluding carboxylic acids is 2. The summed E-state index contributed by atoms with van der Waals surface area (Å²) < 4.78 is 10.5. The minimum absolute atomic E-state index is 0.0960. The molecule has 0 aliphatic rings. The predicted octanol–water partition coefficient (Wildman–Crippen LogP) is 3.54. The highest BCUT2D eigenvalue weighted by atomic mass is 32.1. The molecule has 1 aromatic heterocycles. The molecule has 0 aliphatic carbocycles. The molecule has 0 bridgehead atoms. The van der Waals surface area contributed by atoms with Gasteiger partial charge in [0.15, 0.2) is 5.13 Å². The van der Waals surface area contributed by atoms with Crippen LogP contribution >= 0.6 is 11.3 Å². The van der Waals surface area contributed by atoms with Crippen LogP contribution in [0.4, 0.5) is 5.13 Å². The van der Waals surface area contributed by atoms with Crippen molar-refractivity contribution in [2.24, 2.45) is 5.92 Å². The average Bonchev–Trinajstić information content (AvgIpc) is 3.00. The van der Waals surface area contributed by atoms with Crippen LogP contribution in [0.3, 0.4) is 0 Å². The molecule has 0 atom stereocenters. The number of hydrogen-bond donors (Lipinski definition) is 1. The fourth-order valence-electron chi connectivity index (χ4n) is 1.96. The fourth-order valence-corrected chi connectivity index (χ4v) is 2.67. The van der Waals surface area contributed by atoms with Gasteiger partial charge < -0.3 is 9.47 Å². The van der Waals surface area contributed by atoms with E-state index in [4.69, 9.17) is 9.47 Å². The predicted molar refractivity (Wildman–Crippen MR) is 97.2 cm³/mol. The standard InChI is InChI=1S/C18H22N2O4S/c1-4-23-16(21)9-14-11-25-18(19-14)20-17(22)13-6-5-7-15(8-13)24-10-12(2)3/h5-8,11-12H,4,9-10H2,1-3H3,(H,19,20,22). The topological polar surface area (TPSA) is 77.5 Å². The number of amides is 1. The summed E-state index contributed by atoms with van der Waals surface area (Å²) in [5.41, 5.74) is 1.07. The van der Waals surface area contributed by atoms with Crippen LogP contribution < -0.4 is 10.1 Å². The fraction of sp³-hybridized carbons (Fsp3) is 0.389. The molecule has 1 amide bonds. The molecule has 7 heteroatoms. The molecule has 0 spiro atoms. The lowest BCUT2D eigenvalue weighted by Crippen LogP contribution is -2.13. The molecule has 25 heavy (non-hydrogen) atoms. The van der Waals surface area contributed by atoms with Crippen molar-refractivity contribution in [1.29, 1.82) is 0 Å². The molecular formula is C18H22N2O4S. The number of nitrogens with one attached hydrogen (secondary N) is 1. The Morgan fingerprint density at radius 3 is 2.84 bits per heavy atom. The Labute approximate surface area is 151 Å². The van der Waals surface area contributed by atoms with Gasteiger partial charge in [-0.15, -0.1) is 11.3 Å². The molecule has 2 rings (SSSR count). The number of ether oxygens (including phenoxy) is 2. The van der Waals surface area contributed by atoms with Crippen molar-refractivity contribution in [2.45, 2.75) is 27.2 Å². The van der Waals surface area contributed by atoms with E-state index in [0.29, 0.717) is 41.3 Å². The normalized spacial score (nSPS) is 10.6. The van der Waals surface area contributed by atoms with Gasteiger partial charge in [0.2, 0.25) is 0 Å². The summed E-state index contributed by atoms with van der Waals surface area (Å²) in [6.45, 7) is 6.81. The highest BCUT2D eigenvalue weighted by Crippen LogP contribution is 2.19. The van der Waals surface area contributed by atoms with Crippen LogP contribution in [0.25, 0.3) is 0 Å².